The van der Waals surface area contributed by atoms with Gasteiger partial charge in [0.25, 0.3) is 0 Å². The maximum absolute atomic E-state index is 14.5. The summed E-state index contributed by atoms with van der Waals surface area (Å²) in [6.45, 7) is 0. The maximum atomic E-state index is 14.5. The topological polar surface area (TPSA) is 64.1 Å². The summed E-state index contributed by atoms with van der Waals surface area (Å²) in [6, 6.07) is 18.5. The van der Waals surface area contributed by atoms with Crippen LogP contribution in [0.2, 0.25) is 0 Å². The molecule has 5 rings (SSSR count). The van der Waals surface area contributed by atoms with Crippen LogP contribution in [0.1, 0.15) is 11.1 Å². The molecule has 8 heteroatoms. The lowest BCUT2D eigenvalue weighted by Crippen LogP contribution is -2.43. The fourth-order valence-electron chi connectivity index (χ4n) is 4.16. The monoisotopic (exact) mass is 451 g/mol. The summed E-state index contributed by atoms with van der Waals surface area (Å²) in [5, 5.41) is 16.5. The summed E-state index contributed by atoms with van der Waals surface area (Å²) >= 11 is 0. The van der Waals surface area contributed by atoms with Gasteiger partial charge < -0.3 is 10.8 Å². The summed E-state index contributed by atoms with van der Waals surface area (Å²) in [5.41, 5.74) is 3.39. The van der Waals surface area contributed by atoms with Gasteiger partial charge in [-0.1, -0.05) is 36.4 Å². The number of aromatic nitrogens is 2. The molecule has 1 atom stereocenters. The molecule has 0 amide bonds. The van der Waals surface area contributed by atoms with Gasteiger partial charge in [0.05, 0.1) is 17.4 Å². The molecule has 0 saturated heterocycles. The predicted molar refractivity (Wildman–Crippen MR) is 118 cm³/mol. The number of benzene rings is 4. The lowest BCUT2D eigenvalue weighted by atomic mass is 9.82. The minimum absolute atomic E-state index is 0.208. The van der Waals surface area contributed by atoms with Crippen molar-refractivity contribution in [1.82, 2.24) is 9.78 Å². The van der Waals surface area contributed by atoms with Crippen LogP contribution < -0.4 is 5.73 Å². The quantitative estimate of drug-likeness (QED) is 0.273. The van der Waals surface area contributed by atoms with Crippen LogP contribution in [0.25, 0.3) is 27.4 Å². The molecule has 0 fully saturated rings. The van der Waals surface area contributed by atoms with Crippen LogP contribution in [0, 0.1) is 5.82 Å². The minimum atomic E-state index is -5.02. The van der Waals surface area contributed by atoms with E-state index in [0.29, 0.717) is 27.7 Å². The zero-order valence-electron chi connectivity index (χ0n) is 17.0. The van der Waals surface area contributed by atoms with E-state index in [1.807, 2.05) is 0 Å². The Hall–Kier alpha value is -3.91. The fourth-order valence-corrected chi connectivity index (χ4v) is 4.16. The normalized spacial score (nSPS) is 14.0. The third-order valence-corrected chi connectivity index (χ3v) is 5.81. The number of rotatable bonds is 3. The van der Waals surface area contributed by atoms with Crippen molar-refractivity contribution in [2.75, 3.05) is 5.73 Å². The van der Waals surface area contributed by atoms with Gasteiger partial charge in [0.1, 0.15) is 5.82 Å². The summed E-state index contributed by atoms with van der Waals surface area (Å²) in [6.07, 6.45) is -3.62. The first kappa shape index (κ1) is 21.0. The molecule has 4 aromatic carbocycles. The van der Waals surface area contributed by atoms with E-state index in [2.05, 4.69) is 5.10 Å². The van der Waals surface area contributed by atoms with E-state index in [1.165, 1.54) is 71.5 Å². The Balaban J connectivity index is 1.72. The summed E-state index contributed by atoms with van der Waals surface area (Å²) < 4.78 is 58.2. The van der Waals surface area contributed by atoms with Crippen molar-refractivity contribution in [1.29, 1.82) is 0 Å². The van der Waals surface area contributed by atoms with Crippen molar-refractivity contribution in [3.05, 3.63) is 102 Å². The highest BCUT2D eigenvalue weighted by Crippen LogP contribution is 2.47. The number of hydrogen-bond donors (Lipinski definition) is 2. The molecule has 0 radical (unpaired) electrons. The van der Waals surface area contributed by atoms with Crippen LogP contribution in [0.3, 0.4) is 0 Å². The molecule has 0 spiro atoms. The van der Waals surface area contributed by atoms with Crippen LogP contribution in [-0.4, -0.2) is 21.1 Å². The number of anilines is 1. The predicted octanol–water partition coefficient (Wildman–Crippen LogP) is 5.70. The van der Waals surface area contributed by atoms with Gasteiger partial charge >= 0.3 is 6.18 Å². The van der Waals surface area contributed by atoms with E-state index in [-0.39, 0.29) is 16.5 Å². The van der Waals surface area contributed by atoms with E-state index >= 15 is 0 Å². The molecule has 1 aromatic heterocycles. The number of hydrogen-bond acceptors (Lipinski definition) is 3. The number of halogens is 4. The zero-order valence-corrected chi connectivity index (χ0v) is 17.0. The summed E-state index contributed by atoms with van der Waals surface area (Å²) in [4.78, 5) is 0. The molecule has 0 aliphatic heterocycles. The number of aliphatic hydroxyl groups is 1. The van der Waals surface area contributed by atoms with Gasteiger partial charge in [-0.15, -0.1) is 0 Å². The molecule has 0 aliphatic carbocycles. The number of alkyl halides is 3. The van der Waals surface area contributed by atoms with Gasteiger partial charge in [0, 0.05) is 22.0 Å². The van der Waals surface area contributed by atoms with E-state index in [1.54, 1.807) is 18.2 Å². The van der Waals surface area contributed by atoms with E-state index in [4.69, 9.17) is 5.73 Å². The van der Waals surface area contributed by atoms with Crippen LogP contribution in [0.4, 0.5) is 23.2 Å². The Morgan fingerprint density at radius 1 is 0.848 bits per heavy atom. The fraction of sp³-hybridized carbons (Fsp3) is 0.0800. The molecule has 0 saturated carbocycles. The average molecular weight is 451 g/mol. The van der Waals surface area contributed by atoms with Gasteiger partial charge in [-0.3, -0.25) is 0 Å². The first-order chi connectivity index (χ1) is 15.7. The molecular formula is C25H17F4N3O. The lowest BCUT2D eigenvalue weighted by molar-refractivity contribution is -0.247. The Bertz CT molecular complexity index is 1490. The smallest absolute Gasteiger partial charge is 0.398 e. The van der Waals surface area contributed by atoms with Gasteiger partial charge in [0.2, 0.25) is 5.60 Å². The molecule has 4 nitrogen and oxygen atoms in total. The van der Waals surface area contributed by atoms with Crippen LogP contribution in [0.5, 0.6) is 0 Å². The zero-order chi connectivity index (χ0) is 23.4. The molecule has 0 aliphatic rings. The molecule has 3 N–H and O–H groups in total. The molecule has 5 aromatic rings. The van der Waals surface area contributed by atoms with Crippen molar-refractivity contribution in [2.45, 2.75) is 11.8 Å². The number of nitrogen functional groups attached to an aromatic ring is 1. The third-order valence-electron chi connectivity index (χ3n) is 5.81. The first-order valence-corrected chi connectivity index (χ1v) is 10.0. The third kappa shape index (κ3) is 3.22. The Labute approximate surface area is 185 Å². The van der Waals surface area contributed by atoms with Gasteiger partial charge in [-0.05, 0) is 53.4 Å². The van der Waals surface area contributed by atoms with E-state index in [9.17, 15) is 22.7 Å². The van der Waals surface area contributed by atoms with Gasteiger partial charge in [-0.2, -0.15) is 18.3 Å². The Kier molecular flexibility index (Phi) is 4.65. The number of nitrogens with zero attached hydrogens (tertiary/aromatic N) is 2. The second kappa shape index (κ2) is 7.31. The Morgan fingerprint density at radius 3 is 2.24 bits per heavy atom. The van der Waals surface area contributed by atoms with Gasteiger partial charge in [0.15, 0.2) is 0 Å². The second-order valence-corrected chi connectivity index (χ2v) is 7.76. The standard InChI is InChI=1S/C25H17F4N3O/c26-17-6-8-18(9-7-17)32-23-12-5-16(13-15(23)14-31-32)24(33,25(27,28)29)21-10-11-22(30)20-4-2-1-3-19(20)21/h1-14,33H,30H2. The average Bonchev–Trinajstić information content (AvgIpc) is 3.22. The van der Waals surface area contributed by atoms with Crippen LogP contribution in [0.15, 0.2) is 85.1 Å². The van der Waals surface area contributed by atoms with E-state index in [0.717, 1.165) is 0 Å². The van der Waals surface area contributed by atoms with Crippen molar-refractivity contribution in [3.8, 4) is 5.69 Å². The highest BCUT2D eigenvalue weighted by atomic mass is 19.4. The molecule has 33 heavy (non-hydrogen) atoms. The van der Waals surface area contributed by atoms with Crippen molar-refractivity contribution >= 4 is 27.4 Å². The minimum Gasteiger partial charge on any atom is -0.398 e. The second-order valence-electron chi connectivity index (χ2n) is 7.76. The molecule has 1 heterocycles. The highest BCUT2D eigenvalue weighted by molar-refractivity contribution is 5.96. The maximum Gasteiger partial charge on any atom is 0.425 e. The van der Waals surface area contributed by atoms with Crippen LogP contribution in [-0.2, 0) is 5.60 Å². The molecular weight excluding hydrogens is 434 g/mol. The van der Waals surface area contributed by atoms with Crippen molar-refractivity contribution in [2.24, 2.45) is 0 Å². The summed E-state index contributed by atoms with van der Waals surface area (Å²) in [5.74, 6) is -0.413. The molecule has 166 valence electrons. The SMILES string of the molecule is Nc1ccc(C(O)(c2ccc3c(cnn3-c3ccc(F)cc3)c2)C(F)(F)F)c2ccccc12. The first-order valence-electron chi connectivity index (χ1n) is 10.0. The van der Waals surface area contributed by atoms with Gasteiger partial charge in [-0.25, -0.2) is 9.07 Å². The Morgan fingerprint density at radius 2 is 1.55 bits per heavy atom. The highest BCUT2D eigenvalue weighted by Gasteiger charge is 2.57. The molecule has 1 unspecified atom stereocenters. The van der Waals surface area contributed by atoms with E-state index < -0.39 is 17.6 Å². The number of nitrogens with two attached hydrogens (primary N) is 1. The van der Waals surface area contributed by atoms with Crippen molar-refractivity contribution in [3.63, 3.8) is 0 Å². The number of fused-ring (bicyclic) bond motifs is 2. The van der Waals surface area contributed by atoms with Crippen molar-refractivity contribution < 1.29 is 22.7 Å². The van der Waals surface area contributed by atoms with Crippen LogP contribution >= 0.6 is 0 Å². The largest absolute Gasteiger partial charge is 0.425 e. The molecule has 0 bridgehead atoms. The lowest BCUT2D eigenvalue weighted by Gasteiger charge is -2.32. The summed E-state index contributed by atoms with van der Waals surface area (Å²) in [7, 11) is 0.